The van der Waals surface area contributed by atoms with Crippen molar-refractivity contribution in [2.24, 2.45) is 0 Å². The molecule has 152 valence electrons. The Balaban J connectivity index is 1.73. The van der Waals surface area contributed by atoms with Crippen molar-refractivity contribution in [3.05, 3.63) is 77.0 Å². The molecule has 0 N–H and O–H groups in total. The van der Waals surface area contributed by atoms with E-state index in [0.29, 0.717) is 5.56 Å². The van der Waals surface area contributed by atoms with Gasteiger partial charge in [0.25, 0.3) is 0 Å². The molecule has 0 radical (unpaired) electrons. The van der Waals surface area contributed by atoms with E-state index >= 15 is 0 Å². The highest BCUT2D eigenvalue weighted by Gasteiger charge is 2.31. The van der Waals surface area contributed by atoms with Gasteiger partial charge in [-0.05, 0) is 34.9 Å². The third-order valence-electron chi connectivity index (χ3n) is 4.96. The van der Waals surface area contributed by atoms with Crippen LogP contribution >= 0.6 is 0 Å². The highest BCUT2D eigenvalue weighted by molar-refractivity contribution is 5.81. The molecule has 0 bridgehead atoms. The molecule has 1 aliphatic rings. The van der Waals surface area contributed by atoms with E-state index in [4.69, 9.17) is 0 Å². The maximum absolute atomic E-state index is 12.8. The van der Waals surface area contributed by atoms with Crippen LogP contribution in [0.4, 0.5) is 13.2 Å². The van der Waals surface area contributed by atoms with Crippen LogP contribution in [-0.4, -0.2) is 28.7 Å². The smallest absolute Gasteiger partial charge is 0.341 e. The average molecular weight is 402 g/mol. The molecule has 0 aliphatic carbocycles. The van der Waals surface area contributed by atoms with Gasteiger partial charge in [-0.3, -0.25) is 9.59 Å². The molecule has 2 aromatic carbocycles. The second-order valence-corrected chi connectivity index (χ2v) is 7.04. The number of rotatable bonds is 4. The molecule has 2 aromatic rings. The number of carbonyl (C=O) groups is 2. The number of fused-ring (bicyclic) bond motifs is 1. The minimum absolute atomic E-state index is 0.0814. The fourth-order valence-electron chi connectivity index (χ4n) is 3.40. The number of hydrogen-bond donors (Lipinski definition) is 0. The van der Waals surface area contributed by atoms with Gasteiger partial charge in [-0.25, -0.2) is 0 Å². The summed E-state index contributed by atoms with van der Waals surface area (Å²) in [4.78, 5) is 27.8. The Hall–Kier alpha value is -3.09. The van der Waals surface area contributed by atoms with E-state index < -0.39 is 17.8 Å². The Morgan fingerprint density at radius 1 is 1.07 bits per heavy atom. The normalized spacial score (nSPS) is 15.8. The van der Waals surface area contributed by atoms with Crippen molar-refractivity contribution in [2.45, 2.75) is 32.1 Å². The summed E-state index contributed by atoms with van der Waals surface area (Å²) in [6, 6.07) is 11.9. The van der Waals surface area contributed by atoms with Crippen molar-refractivity contribution in [3.8, 4) is 0 Å². The first-order valence-electron chi connectivity index (χ1n) is 9.13. The Labute approximate surface area is 167 Å². The molecular weight excluding hydrogens is 381 g/mol. The van der Waals surface area contributed by atoms with Gasteiger partial charge in [-0.15, -0.1) is 0 Å². The lowest BCUT2D eigenvalue weighted by atomic mass is 9.93. The Kier molecular flexibility index (Phi) is 5.77. The standard InChI is InChI=1S/C22H21F3N2O2/c1-15(28)27-12-11-17-5-3-4-6-19(17)20(27)13-21(29)26(2)14-16-7-9-18(10-8-16)22(23,24)25/h3-12,20H,13-14H2,1-2H3. The SMILES string of the molecule is CC(=O)N1C=Cc2ccccc2C1CC(=O)N(C)Cc1ccc(C(F)(F)F)cc1. The van der Waals surface area contributed by atoms with E-state index in [9.17, 15) is 22.8 Å². The van der Waals surface area contributed by atoms with Crippen LogP contribution in [0.3, 0.4) is 0 Å². The van der Waals surface area contributed by atoms with Gasteiger partial charge in [0.15, 0.2) is 0 Å². The second-order valence-electron chi connectivity index (χ2n) is 7.04. The van der Waals surface area contributed by atoms with Crippen molar-refractivity contribution < 1.29 is 22.8 Å². The molecule has 1 aliphatic heterocycles. The van der Waals surface area contributed by atoms with Gasteiger partial charge < -0.3 is 9.80 Å². The van der Waals surface area contributed by atoms with Crippen LogP contribution in [0.1, 0.15) is 41.6 Å². The first kappa shape index (κ1) is 20.6. The molecule has 29 heavy (non-hydrogen) atoms. The summed E-state index contributed by atoms with van der Waals surface area (Å²) >= 11 is 0. The Bertz CT molecular complexity index is 936. The highest BCUT2D eigenvalue weighted by atomic mass is 19.4. The third-order valence-corrected chi connectivity index (χ3v) is 4.96. The third kappa shape index (κ3) is 4.67. The van der Waals surface area contributed by atoms with Gasteiger partial charge in [-0.1, -0.05) is 36.4 Å². The van der Waals surface area contributed by atoms with Crippen molar-refractivity contribution in [1.29, 1.82) is 0 Å². The van der Waals surface area contributed by atoms with Crippen LogP contribution in [0.5, 0.6) is 0 Å². The van der Waals surface area contributed by atoms with Crippen molar-refractivity contribution in [2.75, 3.05) is 7.05 Å². The van der Waals surface area contributed by atoms with Gasteiger partial charge in [-0.2, -0.15) is 13.2 Å². The van der Waals surface area contributed by atoms with Gasteiger partial charge in [0.2, 0.25) is 11.8 Å². The molecule has 3 rings (SSSR count). The molecule has 2 amide bonds. The van der Waals surface area contributed by atoms with Gasteiger partial charge in [0, 0.05) is 26.7 Å². The van der Waals surface area contributed by atoms with Crippen LogP contribution in [0, 0.1) is 0 Å². The molecule has 1 atom stereocenters. The van der Waals surface area contributed by atoms with E-state index in [1.54, 1.807) is 13.2 Å². The predicted molar refractivity (Wildman–Crippen MR) is 103 cm³/mol. The Morgan fingerprint density at radius 2 is 1.72 bits per heavy atom. The summed E-state index contributed by atoms with van der Waals surface area (Å²) in [5, 5.41) is 0. The second kappa shape index (κ2) is 8.11. The summed E-state index contributed by atoms with van der Waals surface area (Å²) < 4.78 is 38.1. The number of halogens is 3. The monoisotopic (exact) mass is 402 g/mol. The molecular formula is C22H21F3N2O2. The average Bonchev–Trinajstić information content (AvgIpc) is 2.67. The first-order valence-corrected chi connectivity index (χ1v) is 9.13. The summed E-state index contributed by atoms with van der Waals surface area (Å²) in [6.07, 6.45) is -0.793. The number of carbonyl (C=O) groups excluding carboxylic acids is 2. The number of hydrogen-bond acceptors (Lipinski definition) is 2. The molecule has 0 aromatic heterocycles. The fourth-order valence-corrected chi connectivity index (χ4v) is 3.40. The van der Waals surface area contributed by atoms with E-state index in [-0.39, 0.29) is 24.8 Å². The number of alkyl halides is 3. The van der Waals surface area contributed by atoms with E-state index in [1.165, 1.54) is 28.9 Å². The lowest BCUT2D eigenvalue weighted by Gasteiger charge is -2.33. The van der Waals surface area contributed by atoms with Crippen LogP contribution in [0.2, 0.25) is 0 Å². The minimum Gasteiger partial charge on any atom is -0.341 e. The summed E-state index contributed by atoms with van der Waals surface area (Å²) in [5.74, 6) is -0.370. The number of benzene rings is 2. The van der Waals surface area contributed by atoms with E-state index in [0.717, 1.165) is 23.3 Å². The van der Waals surface area contributed by atoms with Crippen molar-refractivity contribution in [3.63, 3.8) is 0 Å². The summed E-state index contributed by atoms with van der Waals surface area (Å²) in [7, 11) is 1.60. The van der Waals surface area contributed by atoms with Gasteiger partial charge >= 0.3 is 6.18 Å². The van der Waals surface area contributed by atoms with Gasteiger partial charge in [0.05, 0.1) is 18.0 Å². The van der Waals surface area contributed by atoms with E-state index in [1.807, 2.05) is 30.3 Å². The zero-order valence-corrected chi connectivity index (χ0v) is 16.1. The molecule has 7 heteroatoms. The highest BCUT2D eigenvalue weighted by Crippen LogP contribution is 2.33. The zero-order valence-electron chi connectivity index (χ0n) is 16.1. The maximum atomic E-state index is 12.8. The molecule has 0 saturated carbocycles. The molecule has 1 unspecified atom stereocenters. The zero-order chi connectivity index (χ0) is 21.2. The maximum Gasteiger partial charge on any atom is 0.416 e. The van der Waals surface area contributed by atoms with Gasteiger partial charge in [0.1, 0.15) is 0 Å². The first-order chi connectivity index (χ1) is 13.7. The fraction of sp³-hybridized carbons (Fsp3) is 0.273. The largest absolute Gasteiger partial charge is 0.416 e. The van der Waals surface area contributed by atoms with Crippen LogP contribution in [-0.2, 0) is 22.3 Å². The molecule has 4 nitrogen and oxygen atoms in total. The van der Waals surface area contributed by atoms with Crippen molar-refractivity contribution >= 4 is 17.9 Å². The lowest BCUT2D eigenvalue weighted by Crippen LogP contribution is -2.35. The summed E-state index contributed by atoms with van der Waals surface area (Å²) in [6.45, 7) is 1.63. The quantitative estimate of drug-likeness (QED) is 0.748. The van der Waals surface area contributed by atoms with Crippen LogP contribution in [0.25, 0.3) is 6.08 Å². The lowest BCUT2D eigenvalue weighted by molar-refractivity contribution is -0.138. The molecule has 0 fully saturated rings. The summed E-state index contributed by atoms with van der Waals surface area (Å²) in [5.41, 5.74) is 1.72. The topological polar surface area (TPSA) is 40.6 Å². The Morgan fingerprint density at radius 3 is 2.34 bits per heavy atom. The molecule has 0 spiro atoms. The van der Waals surface area contributed by atoms with Crippen LogP contribution in [0.15, 0.2) is 54.7 Å². The van der Waals surface area contributed by atoms with E-state index in [2.05, 4.69) is 0 Å². The minimum atomic E-state index is -4.39. The predicted octanol–water partition coefficient (Wildman–Crippen LogP) is 4.63. The molecule has 1 heterocycles. The number of nitrogens with zero attached hydrogens (tertiary/aromatic N) is 2. The molecule has 0 saturated heterocycles. The number of amides is 2. The van der Waals surface area contributed by atoms with Crippen LogP contribution < -0.4 is 0 Å². The van der Waals surface area contributed by atoms with Crippen molar-refractivity contribution in [1.82, 2.24) is 9.80 Å².